The zero-order valence-corrected chi connectivity index (χ0v) is 8.93. The Kier molecular flexibility index (Phi) is 2.95. The second kappa shape index (κ2) is 4.57. The molecule has 0 saturated carbocycles. The zero-order chi connectivity index (χ0) is 11.4. The lowest BCUT2D eigenvalue weighted by atomic mass is 10.2. The van der Waals surface area contributed by atoms with Gasteiger partial charge in [0.2, 0.25) is 0 Å². The molecule has 0 bridgehead atoms. The lowest BCUT2D eigenvalue weighted by molar-refractivity contribution is 0.638. The molecule has 0 aliphatic rings. The highest BCUT2D eigenvalue weighted by Crippen LogP contribution is 2.19. The number of benzene rings is 1. The summed E-state index contributed by atoms with van der Waals surface area (Å²) in [6, 6.07) is 7.44. The number of rotatable bonds is 4. The van der Waals surface area contributed by atoms with Crippen molar-refractivity contribution in [1.29, 1.82) is 0 Å². The minimum atomic E-state index is 0.601. The lowest BCUT2D eigenvalue weighted by Crippen LogP contribution is -2.11. The Morgan fingerprint density at radius 2 is 2.12 bits per heavy atom. The lowest BCUT2D eigenvalue weighted by Gasteiger charge is -2.08. The van der Waals surface area contributed by atoms with E-state index in [0.717, 1.165) is 18.8 Å². The molecule has 0 aliphatic carbocycles. The van der Waals surface area contributed by atoms with Gasteiger partial charge in [-0.3, -0.25) is 4.68 Å². The van der Waals surface area contributed by atoms with Crippen molar-refractivity contribution in [3.63, 3.8) is 0 Å². The van der Waals surface area contributed by atoms with Gasteiger partial charge in [0.05, 0.1) is 17.9 Å². The van der Waals surface area contributed by atoms with Gasteiger partial charge in [-0.25, -0.2) is 0 Å². The van der Waals surface area contributed by atoms with E-state index in [1.165, 1.54) is 0 Å². The van der Waals surface area contributed by atoms with Crippen LogP contribution in [0.4, 0.5) is 17.1 Å². The van der Waals surface area contributed by atoms with Crippen LogP contribution in [0.2, 0.25) is 0 Å². The molecular formula is C11H15N5. The fourth-order valence-corrected chi connectivity index (χ4v) is 1.43. The molecule has 0 radical (unpaired) electrons. The molecule has 16 heavy (non-hydrogen) atoms. The molecule has 1 heterocycles. The van der Waals surface area contributed by atoms with Gasteiger partial charge in [-0.05, 0) is 24.3 Å². The van der Waals surface area contributed by atoms with Crippen molar-refractivity contribution in [2.75, 3.05) is 23.3 Å². The van der Waals surface area contributed by atoms with E-state index in [-0.39, 0.29) is 0 Å². The molecule has 2 rings (SSSR count). The van der Waals surface area contributed by atoms with Crippen molar-refractivity contribution >= 4 is 17.1 Å². The van der Waals surface area contributed by atoms with E-state index in [1.807, 2.05) is 29.1 Å². The molecule has 0 spiro atoms. The van der Waals surface area contributed by atoms with Crippen molar-refractivity contribution in [2.24, 2.45) is 0 Å². The third kappa shape index (κ3) is 2.44. The SMILES string of the molecule is Nc1ccc(NCCn2cccn2)cc1N. The molecule has 5 N–H and O–H groups in total. The molecule has 5 nitrogen and oxygen atoms in total. The number of nitrogens with zero attached hydrogens (tertiary/aromatic N) is 2. The molecular weight excluding hydrogens is 202 g/mol. The highest BCUT2D eigenvalue weighted by molar-refractivity contribution is 5.69. The van der Waals surface area contributed by atoms with Crippen molar-refractivity contribution < 1.29 is 0 Å². The van der Waals surface area contributed by atoms with Crippen LogP contribution in [-0.4, -0.2) is 16.3 Å². The van der Waals surface area contributed by atoms with E-state index in [2.05, 4.69) is 10.4 Å². The van der Waals surface area contributed by atoms with Gasteiger partial charge < -0.3 is 16.8 Å². The molecule has 0 aliphatic heterocycles. The number of hydrogen-bond donors (Lipinski definition) is 3. The van der Waals surface area contributed by atoms with E-state index >= 15 is 0 Å². The van der Waals surface area contributed by atoms with Gasteiger partial charge in [-0.2, -0.15) is 5.10 Å². The summed E-state index contributed by atoms with van der Waals surface area (Å²) >= 11 is 0. The van der Waals surface area contributed by atoms with Gasteiger partial charge in [0, 0.05) is 24.6 Å². The normalized spacial score (nSPS) is 10.2. The summed E-state index contributed by atoms with van der Waals surface area (Å²) in [4.78, 5) is 0. The first-order chi connectivity index (χ1) is 7.75. The maximum atomic E-state index is 5.70. The summed E-state index contributed by atoms with van der Waals surface area (Å²) < 4.78 is 1.87. The van der Waals surface area contributed by atoms with Crippen molar-refractivity contribution in [3.8, 4) is 0 Å². The Hall–Kier alpha value is -2.17. The van der Waals surface area contributed by atoms with E-state index in [1.54, 1.807) is 12.3 Å². The highest BCUT2D eigenvalue weighted by atomic mass is 15.3. The van der Waals surface area contributed by atoms with Gasteiger partial charge in [0.1, 0.15) is 0 Å². The summed E-state index contributed by atoms with van der Waals surface area (Å²) in [5.41, 5.74) is 13.5. The third-order valence-corrected chi connectivity index (χ3v) is 2.32. The predicted octanol–water partition coefficient (Wildman–Crippen LogP) is 1.16. The number of nitrogens with two attached hydrogens (primary N) is 2. The number of nitrogen functional groups attached to an aromatic ring is 2. The molecule has 0 unspecified atom stereocenters. The molecule has 5 heteroatoms. The molecule has 0 amide bonds. The average molecular weight is 217 g/mol. The van der Waals surface area contributed by atoms with Crippen LogP contribution in [0.15, 0.2) is 36.7 Å². The van der Waals surface area contributed by atoms with Crippen LogP contribution in [0.25, 0.3) is 0 Å². The van der Waals surface area contributed by atoms with Crippen LogP contribution in [0.3, 0.4) is 0 Å². The molecule has 84 valence electrons. The average Bonchev–Trinajstić information content (AvgIpc) is 2.76. The first-order valence-corrected chi connectivity index (χ1v) is 5.12. The van der Waals surface area contributed by atoms with Gasteiger partial charge in [0.25, 0.3) is 0 Å². The molecule has 1 aromatic heterocycles. The summed E-state index contributed by atoms with van der Waals surface area (Å²) in [6.45, 7) is 1.61. The molecule has 1 aromatic carbocycles. The smallest absolute Gasteiger partial charge is 0.0582 e. The van der Waals surface area contributed by atoms with Crippen LogP contribution in [0, 0.1) is 0 Å². The Balaban J connectivity index is 1.87. The van der Waals surface area contributed by atoms with Crippen molar-refractivity contribution in [3.05, 3.63) is 36.7 Å². The number of aromatic nitrogens is 2. The highest BCUT2D eigenvalue weighted by Gasteiger charge is 1.96. The predicted molar refractivity (Wildman–Crippen MR) is 66.0 cm³/mol. The van der Waals surface area contributed by atoms with Crippen LogP contribution in [0.1, 0.15) is 0 Å². The fraction of sp³-hybridized carbons (Fsp3) is 0.182. The quantitative estimate of drug-likeness (QED) is 0.671. The Morgan fingerprint density at radius 3 is 2.81 bits per heavy atom. The van der Waals surface area contributed by atoms with Gasteiger partial charge in [-0.15, -0.1) is 0 Å². The van der Waals surface area contributed by atoms with Gasteiger partial charge in [0.15, 0.2) is 0 Å². The maximum Gasteiger partial charge on any atom is 0.0582 e. The minimum absolute atomic E-state index is 0.601. The first kappa shape index (κ1) is 10.4. The van der Waals surface area contributed by atoms with Crippen LogP contribution >= 0.6 is 0 Å². The summed E-state index contributed by atoms with van der Waals surface area (Å²) in [6.07, 6.45) is 3.69. The van der Waals surface area contributed by atoms with Crippen molar-refractivity contribution in [1.82, 2.24) is 9.78 Å². The van der Waals surface area contributed by atoms with E-state index in [9.17, 15) is 0 Å². The zero-order valence-electron chi connectivity index (χ0n) is 8.93. The summed E-state index contributed by atoms with van der Waals surface area (Å²) in [7, 11) is 0. The Bertz CT molecular complexity index is 449. The van der Waals surface area contributed by atoms with Crippen molar-refractivity contribution in [2.45, 2.75) is 6.54 Å². The van der Waals surface area contributed by atoms with Gasteiger partial charge >= 0.3 is 0 Å². The number of hydrogen-bond acceptors (Lipinski definition) is 4. The Morgan fingerprint density at radius 1 is 1.25 bits per heavy atom. The topological polar surface area (TPSA) is 81.9 Å². The second-order valence-corrected chi connectivity index (χ2v) is 3.54. The second-order valence-electron chi connectivity index (χ2n) is 3.54. The number of anilines is 3. The number of nitrogens with one attached hydrogen (secondary N) is 1. The standard InChI is InChI=1S/C11H15N5/c12-10-3-2-9(8-11(10)13)14-5-7-16-6-1-4-15-16/h1-4,6,8,14H,5,7,12-13H2. The van der Waals surface area contributed by atoms with E-state index < -0.39 is 0 Å². The largest absolute Gasteiger partial charge is 0.397 e. The molecule has 0 atom stereocenters. The minimum Gasteiger partial charge on any atom is -0.397 e. The van der Waals surface area contributed by atoms with Crippen LogP contribution in [0.5, 0.6) is 0 Å². The molecule has 0 saturated heterocycles. The fourth-order valence-electron chi connectivity index (χ4n) is 1.43. The Labute approximate surface area is 94.1 Å². The van der Waals surface area contributed by atoms with Crippen LogP contribution < -0.4 is 16.8 Å². The van der Waals surface area contributed by atoms with Gasteiger partial charge in [-0.1, -0.05) is 0 Å². The summed E-state index contributed by atoms with van der Waals surface area (Å²) in [5, 5.41) is 7.37. The maximum absolute atomic E-state index is 5.70. The first-order valence-electron chi connectivity index (χ1n) is 5.12. The van der Waals surface area contributed by atoms with E-state index in [4.69, 9.17) is 11.5 Å². The summed E-state index contributed by atoms with van der Waals surface area (Å²) in [5.74, 6) is 0. The van der Waals surface area contributed by atoms with Crippen LogP contribution in [-0.2, 0) is 6.54 Å². The van der Waals surface area contributed by atoms with E-state index in [0.29, 0.717) is 11.4 Å². The monoisotopic (exact) mass is 217 g/mol. The molecule has 0 fully saturated rings. The third-order valence-electron chi connectivity index (χ3n) is 2.32. The molecule has 2 aromatic rings.